The molecule has 1 fully saturated rings. The zero-order chi connectivity index (χ0) is 17.5. The van der Waals surface area contributed by atoms with Crippen molar-refractivity contribution in [2.24, 2.45) is 4.99 Å². The molecule has 0 amide bonds. The van der Waals surface area contributed by atoms with Gasteiger partial charge in [-0.3, -0.25) is 9.89 Å². The van der Waals surface area contributed by atoms with E-state index in [1.165, 1.54) is 0 Å². The lowest BCUT2D eigenvalue weighted by Gasteiger charge is -2.36. The van der Waals surface area contributed by atoms with Crippen LogP contribution in [-0.4, -0.2) is 68.6 Å². The minimum atomic E-state index is -0.166. The van der Waals surface area contributed by atoms with Crippen LogP contribution in [-0.2, 0) is 6.54 Å². The Morgan fingerprint density at radius 1 is 1.25 bits per heavy atom. The van der Waals surface area contributed by atoms with Crippen molar-refractivity contribution in [3.05, 3.63) is 35.1 Å². The molecule has 1 aromatic carbocycles. The number of aryl methyl sites for hydroxylation is 1. The summed E-state index contributed by atoms with van der Waals surface area (Å²) in [6.07, 6.45) is 0. The van der Waals surface area contributed by atoms with Gasteiger partial charge in [0.25, 0.3) is 0 Å². The smallest absolute Gasteiger partial charge is 0.191 e. The van der Waals surface area contributed by atoms with Crippen LogP contribution in [0.15, 0.2) is 23.2 Å². The molecule has 1 saturated heterocycles. The first-order valence-electron chi connectivity index (χ1n) is 8.61. The Bertz CT molecular complexity index is 552. The van der Waals surface area contributed by atoms with Crippen LogP contribution >= 0.6 is 0 Å². The molecule has 2 N–H and O–H groups in total. The predicted molar refractivity (Wildman–Crippen MR) is 97.9 cm³/mol. The van der Waals surface area contributed by atoms with E-state index in [1.807, 2.05) is 6.07 Å². The molecule has 0 radical (unpaired) electrons. The van der Waals surface area contributed by atoms with E-state index in [9.17, 15) is 4.39 Å². The highest BCUT2D eigenvalue weighted by Gasteiger charge is 2.19. The van der Waals surface area contributed by atoms with Crippen molar-refractivity contribution in [1.29, 1.82) is 0 Å². The van der Waals surface area contributed by atoms with Gasteiger partial charge >= 0.3 is 0 Å². The molecule has 1 unspecified atom stereocenters. The van der Waals surface area contributed by atoms with Crippen LogP contribution in [0, 0.1) is 12.7 Å². The molecule has 0 aromatic heterocycles. The van der Waals surface area contributed by atoms with E-state index < -0.39 is 0 Å². The standard InChI is InChI=1S/C18H30FN5/c1-14-5-6-16(11-17(14)19)13-22-18(20-3)21-12-15(2)24-9-7-23(4)8-10-24/h5-6,11,15H,7-10,12-13H2,1-4H3,(H2,20,21,22). The van der Waals surface area contributed by atoms with Gasteiger partial charge in [0, 0.05) is 52.4 Å². The molecular weight excluding hydrogens is 305 g/mol. The average Bonchev–Trinajstić information content (AvgIpc) is 2.58. The summed E-state index contributed by atoms with van der Waals surface area (Å²) in [6, 6.07) is 5.76. The van der Waals surface area contributed by atoms with Gasteiger partial charge in [0.05, 0.1) is 0 Å². The zero-order valence-electron chi connectivity index (χ0n) is 15.3. The summed E-state index contributed by atoms with van der Waals surface area (Å²) in [6.45, 7) is 9.85. The molecule has 5 nitrogen and oxygen atoms in total. The molecule has 1 aliphatic heterocycles. The highest BCUT2D eigenvalue weighted by molar-refractivity contribution is 5.79. The van der Waals surface area contributed by atoms with Crippen molar-refractivity contribution >= 4 is 5.96 Å². The number of benzene rings is 1. The fourth-order valence-corrected chi connectivity index (χ4v) is 2.79. The maximum Gasteiger partial charge on any atom is 0.191 e. The van der Waals surface area contributed by atoms with E-state index in [-0.39, 0.29) is 5.82 Å². The van der Waals surface area contributed by atoms with Crippen molar-refractivity contribution in [2.45, 2.75) is 26.4 Å². The molecule has 1 heterocycles. The van der Waals surface area contributed by atoms with Crippen LogP contribution in [0.25, 0.3) is 0 Å². The van der Waals surface area contributed by atoms with Crippen LogP contribution in [0.4, 0.5) is 4.39 Å². The van der Waals surface area contributed by atoms with Gasteiger partial charge in [-0.05, 0) is 38.1 Å². The lowest BCUT2D eigenvalue weighted by molar-refractivity contribution is 0.120. The Kier molecular flexibility index (Phi) is 6.99. The first-order valence-corrected chi connectivity index (χ1v) is 8.61. The third kappa shape index (κ3) is 5.46. The summed E-state index contributed by atoms with van der Waals surface area (Å²) in [5.41, 5.74) is 1.58. The van der Waals surface area contributed by atoms with Crippen molar-refractivity contribution < 1.29 is 4.39 Å². The Hall–Kier alpha value is -1.66. The number of guanidine groups is 1. The summed E-state index contributed by atoms with van der Waals surface area (Å²) in [4.78, 5) is 9.10. The SMILES string of the molecule is CN=C(NCc1ccc(C)c(F)c1)NCC(C)N1CCN(C)CC1. The second-order valence-corrected chi connectivity index (χ2v) is 6.58. The number of rotatable bonds is 5. The van der Waals surface area contributed by atoms with Crippen LogP contribution in [0.3, 0.4) is 0 Å². The monoisotopic (exact) mass is 335 g/mol. The van der Waals surface area contributed by atoms with E-state index >= 15 is 0 Å². The molecule has 2 rings (SSSR count). The summed E-state index contributed by atoms with van der Waals surface area (Å²) in [7, 11) is 3.92. The first kappa shape index (κ1) is 18.7. The zero-order valence-corrected chi connectivity index (χ0v) is 15.3. The third-order valence-electron chi connectivity index (χ3n) is 4.65. The maximum atomic E-state index is 13.6. The molecule has 134 valence electrons. The normalized spacial score (nSPS) is 18.5. The lowest BCUT2D eigenvalue weighted by atomic mass is 10.1. The molecule has 0 saturated carbocycles. The quantitative estimate of drug-likeness (QED) is 0.631. The van der Waals surface area contributed by atoms with Crippen LogP contribution in [0.2, 0.25) is 0 Å². The maximum absolute atomic E-state index is 13.6. The number of hydrogen-bond donors (Lipinski definition) is 2. The molecule has 1 aliphatic rings. The van der Waals surface area contributed by atoms with Crippen molar-refractivity contribution in [3.8, 4) is 0 Å². The van der Waals surface area contributed by atoms with Crippen molar-refractivity contribution in [2.75, 3.05) is 46.8 Å². The summed E-state index contributed by atoms with van der Waals surface area (Å²) in [5, 5.41) is 6.61. The Morgan fingerprint density at radius 3 is 2.58 bits per heavy atom. The van der Waals surface area contributed by atoms with E-state index in [4.69, 9.17) is 0 Å². The number of nitrogens with zero attached hydrogens (tertiary/aromatic N) is 3. The van der Waals surface area contributed by atoms with Gasteiger partial charge < -0.3 is 15.5 Å². The minimum absolute atomic E-state index is 0.166. The molecule has 1 atom stereocenters. The summed E-state index contributed by atoms with van der Waals surface area (Å²) >= 11 is 0. The predicted octanol–water partition coefficient (Wildman–Crippen LogP) is 1.44. The number of halogens is 1. The number of nitrogens with one attached hydrogen (secondary N) is 2. The van der Waals surface area contributed by atoms with Gasteiger partial charge in [-0.15, -0.1) is 0 Å². The van der Waals surface area contributed by atoms with Crippen molar-refractivity contribution in [3.63, 3.8) is 0 Å². The number of hydrogen-bond acceptors (Lipinski definition) is 3. The molecule has 6 heteroatoms. The summed E-state index contributed by atoms with van der Waals surface area (Å²) in [5.74, 6) is 0.581. The molecule has 24 heavy (non-hydrogen) atoms. The Morgan fingerprint density at radius 2 is 1.96 bits per heavy atom. The molecular formula is C18H30FN5. The van der Waals surface area contributed by atoms with Gasteiger partial charge in [-0.2, -0.15) is 0 Å². The van der Waals surface area contributed by atoms with Gasteiger partial charge in [-0.25, -0.2) is 4.39 Å². The minimum Gasteiger partial charge on any atom is -0.355 e. The topological polar surface area (TPSA) is 42.9 Å². The highest BCUT2D eigenvalue weighted by atomic mass is 19.1. The molecule has 0 bridgehead atoms. The molecule has 1 aromatic rings. The number of aliphatic imine (C=N–C) groups is 1. The largest absolute Gasteiger partial charge is 0.355 e. The van der Waals surface area contributed by atoms with Gasteiger partial charge in [-0.1, -0.05) is 12.1 Å². The Labute approximate surface area is 144 Å². The third-order valence-corrected chi connectivity index (χ3v) is 4.65. The van der Waals surface area contributed by atoms with E-state index in [0.29, 0.717) is 18.2 Å². The van der Waals surface area contributed by atoms with Gasteiger partial charge in [0.15, 0.2) is 5.96 Å². The second kappa shape index (κ2) is 8.99. The lowest BCUT2D eigenvalue weighted by Crippen LogP contribution is -2.52. The number of likely N-dealkylation sites (N-methyl/N-ethyl adjacent to an activating group) is 1. The van der Waals surface area contributed by atoms with Crippen LogP contribution < -0.4 is 10.6 Å². The van der Waals surface area contributed by atoms with E-state index in [0.717, 1.165) is 44.2 Å². The van der Waals surface area contributed by atoms with E-state index in [2.05, 4.69) is 39.4 Å². The van der Waals surface area contributed by atoms with Gasteiger partial charge in [0.2, 0.25) is 0 Å². The second-order valence-electron chi connectivity index (χ2n) is 6.58. The Balaban J connectivity index is 1.76. The fourth-order valence-electron chi connectivity index (χ4n) is 2.79. The number of piperazine rings is 1. The molecule has 0 aliphatic carbocycles. The molecule has 0 spiro atoms. The fraction of sp³-hybridized carbons (Fsp3) is 0.611. The average molecular weight is 335 g/mol. The van der Waals surface area contributed by atoms with Crippen molar-refractivity contribution in [1.82, 2.24) is 20.4 Å². The first-order chi connectivity index (χ1) is 11.5. The van der Waals surface area contributed by atoms with E-state index in [1.54, 1.807) is 26.1 Å². The van der Waals surface area contributed by atoms with Crippen LogP contribution in [0.1, 0.15) is 18.1 Å². The highest BCUT2D eigenvalue weighted by Crippen LogP contribution is 2.09. The van der Waals surface area contributed by atoms with Gasteiger partial charge in [0.1, 0.15) is 5.82 Å². The summed E-state index contributed by atoms with van der Waals surface area (Å²) < 4.78 is 13.6. The van der Waals surface area contributed by atoms with Crippen LogP contribution in [0.5, 0.6) is 0 Å².